The van der Waals surface area contributed by atoms with Crippen LogP contribution in [0.15, 0.2) is 34.1 Å². The first-order valence-electron chi connectivity index (χ1n) is 7.79. The van der Waals surface area contributed by atoms with Crippen LogP contribution in [0.5, 0.6) is 0 Å². The second-order valence-corrected chi connectivity index (χ2v) is 7.03. The molecule has 0 aliphatic heterocycles. The van der Waals surface area contributed by atoms with Gasteiger partial charge in [-0.2, -0.15) is 4.98 Å². The van der Waals surface area contributed by atoms with Crippen LogP contribution in [0.2, 0.25) is 5.02 Å². The Labute approximate surface area is 144 Å². The summed E-state index contributed by atoms with van der Waals surface area (Å²) in [6.45, 7) is 0.288. The van der Waals surface area contributed by atoms with Crippen LogP contribution in [0.25, 0.3) is 0 Å². The number of fused-ring (bicyclic) bond motifs is 1. The number of benzene rings is 1. The van der Waals surface area contributed by atoms with E-state index in [0.29, 0.717) is 6.54 Å². The highest BCUT2D eigenvalue weighted by atomic mass is 35.5. The quantitative estimate of drug-likeness (QED) is 0.665. The molecule has 2 aromatic rings. The van der Waals surface area contributed by atoms with Gasteiger partial charge in [0.1, 0.15) is 5.03 Å². The van der Waals surface area contributed by atoms with E-state index in [4.69, 9.17) is 11.6 Å². The molecule has 0 atom stereocenters. The first kappa shape index (κ1) is 16.6. The molecule has 1 aliphatic carbocycles. The van der Waals surface area contributed by atoms with Crippen molar-refractivity contribution in [3.63, 3.8) is 0 Å². The molecule has 122 valence electrons. The SMILES string of the molecule is O=c1nc(SCc2cccc(Cl)c2)c2c(n1CCO)CCCC2. The molecule has 3 rings (SSSR count). The molecule has 0 bridgehead atoms. The summed E-state index contributed by atoms with van der Waals surface area (Å²) in [5.41, 5.74) is 3.09. The van der Waals surface area contributed by atoms with Gasteiger partial charge in [0.05, 0.1) is 13.2 Å². The van der Waals surface area contributed by atoms with Crippen LogP contribution in [0.4, 0.5) is 0 Å². The highest BCUT2D eigenvalue weighted by Crippen LogP contribution is 2.30. The standard InChI is InChI=1S/C17H19ClN2O2S/c18-13-5-3-4-12(10-13)11-23-16-14-6-1-2-7-15(14)20(8-9-21)17(22)19-16/h3-5,10,21H,1-2,6-9,11H2. The largest absolute Gasteiger partial charge is 0.395 e. The number of rotatable bonds is 5. The van der Waals surface area contributed by atoms with Crippen molar-refractivity contribution >= 4 is 23.4 Å². The lowest BCUT2D eigenvalue weighted by Crippen LogP contribution is -2.31. The number of aliphatic hydroxyl groups excluding tert-OH is 1. The van der Waals surface area contributed by atoms with Crippen LogP contribution >= 0.6 is 23.4 Å². The molecule has 1 aromatic carbocycles. The number of thioether (sulfide) groups is 1. The lowest BCUT2D eigenvalue weighted by atomic mass is 9.97. The Morgan fingerprint density at radius 3 is 2.91 bits per heavy atom. The molecule has 4 nitrogen and oxygen atoms in total. The average Bonchev–Trinajstić information content (AvgIpc) is 2.56. The molecule has 1 aromatic heterocycles. The fraction of sp³-hybridized carbons (Fsp3) is 0.412. The number of halogens is 1. The summed E-state index contributed by atoms with van der Waals surface area (Å²) in [6, 6.07) is 7.75. The fourth-order valence-electron chi connectivity index (χ4n) is 2.98. The summed E-state index contributed by atoms with van der Waals surface area (Å²) in [6.07, 6.45) is 4.04. The van der Waals surface area contributed by atoms with E-state index in [2.05, 4.69) is 4.98 Å². The van der Waals surface area contributed by atoms with Gasteiger partial charge in [0, 0.05) is 22.0 Å². The van der Waals surface area contributed by atoms with Crippen molar-refractivity contribution in [2.75, 3.05) is 6.61 Å². The normalized spacial score (nSPS) is 13.8. The summed E-state index contributed by atoms with van der Waals surface area (Å²) in [5, 5.41) is 10.7. The number of aromatic nitrogens is 2. The van der Waals surface area contributed by atoms with Crippen LogP contribution in [0, 0.1) is 0 Å². The molecular weight excluding hydrogens is 332 g/mol. The molecule has 0 unspecified atom stereocenters. The minimum absolute atomic E-state index is 0.0387. The Bertz CT molecular complexity index is 761. The van der Waals surface area contributed by atoms with Gasteiger partial charge >= 0.3 is 5.69 Å². The highest BCUT2D eigenvalue weighted by Gasteiger charge is 2.20. The van der Waals surface area contributed by atoms with Gasteiger partial charge in [0.2, 0.25) is 0 Å². The Balaban J connectivity index is 1.90. The zero-order valence-electron chi connectivity index (χ0n) is 12.8. The van der Waals surface area contributed by atoms with Gasteiger partial charge in [0.15, 0.2) is 0 Å². The third-order valence-electron chi connectivity index (χ3n) is 4.04. The van der Waals surface area contributed by atoms with E-state index in [-0.39, 0.29) is 12.3 Å². The van der Waals surface area contributed by atoms with Crippen LogP contribution in [0.1, 0.15) is 29.7 Å². The van der Waals surface area contributed by atoms with E-state index in [0.717, 1.165) is 52.7 Å². The molecule has 0 saturated carbocycles. The van der Waals surface area contributed by atoms with E-state index in [1.54, 1.807) is 16.3 Å². The Morgan fingerprint density at radius 1 is 1.30 bits per heavy atom. The molecule has 1 aliphatic rings. The number of aliphatic hydroxyl groups is 1. The van der Waals surface area contributed by atoms with Gasteiger partial charge in [-0.3, -0.25) is 4.57 Å². The lowest BCUT2D eigenvalue weighted by Gasteiger charge is -2.22. The van der Waals surface area contributed by atoms with Crippen molar-refractivity contribution in [1.82, 2.24) is 9.55 Å². The summed E-state index contributed by atoms with van der Waals surface area (Å²) in [4.78, 5) is 16.5. The van der Waals surface area contributed by atoms with Gasteiger partial charge in [-0.15, -0.1) is 11.8 Å². The van der Waals surface area contributed by atoms with Crippen LogP contribution in [0.3, 0.4) is 0 Å². The van der Waals surface area contributed by atoms with E-state index >= 15 is 0 Å². The van der Waals surface area contributed by atoms with Crippen LogP contribution in [-0.4, -0.2) is 21.3 Å². The maximum atomic E-state index is 12.3. The highest BCUT2D eigenvalue weighted by molar-refractivity contribution is 7.98. The Hall–Kier alpha value is -1.30. The van der Waals surface area contributed by atoms with Crippen LogP contribution in [-0.2, 0) is 25.1 Å². The summed E-state index contributed by atoms with van der Waals surface area (Å²) in [7, 11) is 0. The van der Waals surface area contributed by atoms with Crippen molar-refractivity contribution < 1.29 is 5.11 Å². The van der Waals surface area contributed by atoms with Crippen LogP contribution < -0.4 is 5.69 Å². The van der Waals surface area contributed by atoms with Gasteiger partial charge in [-0.05, 0) is 43.4 Å². The summed E-state index contributed by atoms with van der Waals surface area (Å²) < 4.78 is 1.64. The van der Waals surface area contributed by atoms with Gasteiger partial charge in [-0.1, -0.05) is 23.7 Å². The molecule has 23 heavy (non-hydrogen) atoms. The first-order chi connectivity index (χ1) is 11.2. The van der Waals surface area contributed by atoms with Crippen molar-refractivity contribution in [1.29, 1.82) is 0 Å². The maximum absolute atomic E-state index is 12.3. The Kier molecular flexibility index (Phi) is 5.41. The smallest absolute Gasteiger partial charge is 0.348 e. The summed E-state index contributed by atoms with van der Waals surface area (Å²) in [5.74, 6) is 0.740. The van der Waals surface area contributed by atoms with Crippen molar-refractivity contribution in [3.8, 4) is 0 Å². The predicted octanol–water partition coefficient (Wildman–Crippen LogP) is 3.06. The lowest BCUT2D eigenvalue weighted by molar-refractivity contribution is 0.269. The molecule has 0 fully saturated rings. The number of nitrogens with zero attached hydrogens (tertiary/aromatic N) is 2. The van der Waals surface area contributed by atoms with E-state index in [1.165, 1.54) is 5.56 Å². The minimum Gasteiger partial charge on any atom is -0.395 e. The van der Waals surface area contributed by atoms with Gasteiger partial charge in [0.25, 0.3) is 0 Å². The molecule has 0 radical (unpaired) electrons. The molecular formula is C17H19ClN2O2S. The fourth-order valence-corrected chi connectivity index (χ4v) is 4.21. The number of hydrogen-bond acceptors (Lipinski definition) is 4. The third-order valence-corrected chi connectivity index (χ3v) is 5.36. The monoisotopic (exact) mass is 350 g/mol. The minimum atomic E-state index is -0.256. The molecule has 0 amide bonds. The molecule has 1 heterocycles. The second-order valence-electron chi connectivity index (χ2n) is 5.63. The van der Waals surface area contributed by atoms with Crippen molar-refractivity contribution in [3.05, 3.63) is 56.6 Å². The molecule has 0 spiro atoms. The second kappa shape index (κ2) is 7.51. The summed E-state index contributed by atoms with van der Waals surface area (Å²) >= 11 is 7.61. The molecule has 1 N–H and O–H groups in total. The van der Waals surface area contributed by atoms with Gasteiger partial charge in [-0.25, -0.2) is 4.79 Å². The van der Waals surface area contributed by atoms with E-state index in [1.807, 2.05) is 24.3 Å². The topological polar surface area (TPSA) is 55.1 Å². The predicted molar refractivity (Wildman–Crippen MR) is 93.2 cm³/mol. The zero-order valence-corrected chi connectivity index (χ0v) is 14.4. The van der Waals surface area contributed by atoms with E-state index in [9.17, 15) is 9.90 Å². The molecule has 6 heteroatoms. The number of hydrogen-bond donors (Lipinski definition) is 1. The zero-order chi connectivity index (χ0) is 16.2. The van der Waals surface area contributed by atoms with Crippen molar-refractivity contribution in [2.24, 2.45) is 0 Å². The van der Waals surface area contributed by atoms with Gasteiger partial charge < -0.3 is 5.11 Å². The average molecular weight is 351 g/mol. The van der Waals surface area contributed by atoms with E-state index < -0.39 is 0 Å². The first-order valence-corrected chi connectivity index (χ1v) is 9.16. The van der Waals surface area contributed by atoms with Crippen molar-refractivity contribution in [2.45, 2.75) is 43.0 Å². The third kappa shape index (κ3) is 3.79. The molecule has 0 saturated heterocycles. The Morgan fingerprint density at radius 2 is 2.13 bits per heavy atom. The maximum Gasteiger partial charge on any atom is 0.348 e.